The van der Waals surface area contributed by atoms with Crippen LogP contribution < -0.4 is 5.30 Å². The van der Waals surface area contributed by atoms with Crippen molar-refractivity contribution in [3.8, 4) is 0 Å². The molecule has 1 unspecified atom stereocenters. The quantitative estimate of drug-likeness (QED) is 0.689. The Labute approximate surface area is 132 Å². The molecule has 0 spiro atoms. The Bertz CT molecular complexity index is 755. The van der Waals surface area contributed by atoms with E-state index in [1.807, 2.05) is 0 Å². The Morgan fingerprint density at radius 2 is 1.43 bits per heavy atom. The average molecular weight is 310 g/mol. The number of rotatable bonds is 2. The van der Waals surface area contributed by atoms with Gasteiger partial charge in [0.25, 0.3) is 0 Å². The zero-order valence-electron chi connectivity index (χ0n) is 12.4. The molecule has 106 valence electrons. The summed E-state index contributed by atoms with van der Waals surface area (Å²) in [5, 5.41) is 2.68. The van der Waals surface area contributed by atoms with Crippen LogP contribution in [0.4, 0.5) is 0 Å². The summed E-state index contributed by atoms with van der Waals surface area (Å²) in [6.45, 7) is 4.42. The average Bonchev–Trinajstić information content (AvgIpc) is 2.53. The van der Waals surface area contributed by atoms with Gasteiger partial charge in [-0.25, -0.2) is 0 Å². The van der Waals surface area contributed by atoms with Crippen molar-refractivity contribution in [1.82, 2.24) is 0 Å². The molecule has 0 N–H and O–H groups in total. The second kappa shape index (κ2) is 5.75. The van der Waals surface area contributed by atoms with Gasteiger partial charge in [0.05, 0.1) is 0 Å². The van der Waals surface area contributed by atoms with E-state index >= 15 is 0 Å². The first kappa shape index (κ1) is 14.5. The predicted molar refractivity (Wildman–Crippen MR) is 98.0 cm³/mol. The molecule has 0 amide bonds. The van der Waals surface area contributed by atoms with E-state index in [9.17, 15) is 0 Å². The van der Waals surface area contributed by atoms with Gasteiger partial charge in [0, 0.05) is 12.2 Å². The van der Waals surface area contributed by atoms with Crippen LogP contribution in [-0.2, 0) is 11.8 Å². The van der Waals surface area contributed by atoms with Gasteiger partial charge in [-0.2, -0.15) is 0 Å². The normalized spacial score (nSPS) is 22.1. The molecular weight excluding hydrogens is 291 g/mol. The highest BCUT2D eigenvalue weighted by Gasteiger charge is 2.29. The molecule has 0 saturated carbocycles. The van der Waals surface area contributed by atoms with Gasteiger partial charge in [0.1, 0.15) is 0 Å². The summed E-state index contributed by atoms with van der Waals surface area (Å²) in [4.78, 5) is 0. The lowest BCUT2D eigenvalue weighted by Crippen LogP contribution is -2.13. The molecule has 0 nitrogen and oxygen atoms in total. The minimum absolute atomic E-state index is 1.01. The Morgan fingerprint density at radius 3 is 2.05 bits per heavy atom. The summed E-state index contributed by atoms with van der Waals surface area (Å²) in [7, 11) is 0. The lowest BCUT2D eigenvalue weighted by molar-refractivity contribution is 1.29. The van der Waals surface area contributed by atoms with Crippen molar-refractivity contribution in [2.24, 2.45) is 0 Å². The summed E-state index contributed by atoms with van der Waals surface area (Å²) in [5.41, 5.74) is 4.07. The summed E-state index contributed by atoms with van der Waals surface area (Å²) in [6.07, 6.45) is 3.33. The predicted octanol–water partition coefficient (Wildman–Crippen LogP) is 5.18. The molecule has 1 aliphatic rings. The Balaban J connectivity index is 2.21. The van der Waals surface area contributed by atoms with Crippen molar-refractivity contribution in [1.29, 1.82) is 0 Å². The van der Waals surface area contributed by atoms with E-state index < -0.39 is 6.04 Å². The minimum atomic E-state index is -1.75. The molecule has 3 rings (SSSR count). The van der Waals surface area contributed by atoms with E-state index in [1.54, 1.807) is 0 Å². The van der Waals surface area contributed by atoms with Crippen molar-refractivity contribution in [3.63, 3.8) is 0 Å². The summed E-state index contributed by atoms with van der Waals surface area (Å²) < 4.78 is 0. The molecule has 2 aromatic carbocycles. The van der Waals surface area contributed by atoms with Gasteiger partial charge in [-0.05, 0) is 36.1 Å². The van der Waals surface area contributed by atoms with Gasteiger partial charge in [-0.3, -0.25) is 0 Å². The first-order chi connectivity index (χ1) is 10.1. The fourth-order valence-electron chi connectivity index (χ4n) is 2.78. The topological polar surface area (TPSA) is 0 Å². The molecule has 2 heteroatoms. The van der Waals surface area contributed by atoms with E-state index in [4.69, 9.17) is 11.8 Å². The molecule has 0 saturated heterocycles. The van der Waals surface area contributed by atoms with Crippen LogP contribution >= 0.6 is 6.04 Å². The molecule has 1 heterocycles. The smallest absolute Gasteiger partial charge is 0.0150 e. The third-order valence-electron chi connectivity index (χ3n) is 4.12. The molecule has 0 aromatic heterocycles. The van der Waals surface area contributed by atoms with Crippen molar-refractivity contribution < 1.29 is 0 Å². The molecular formula is C19H19PS. The fourth-order valence-corrected chi connectivity index (χ4v) is 7.37. The monoisotopic (exact) mass is 310 g/mol. The summed E-state index contributed by atoms with van der Waals surface area (Å²) in [5.74, 6) is 0. The lowest BCUT2D eigenvalue weighted by atomic mass is 10.1. The van der Waals surface area contributed by atoms with Crippen molar-refractivity contribution in [2.75, 3.05) is 6.16 Å². The molecule has 21 heavy (non-hydrogen) atoms. The molecule has 0 radical (unpaired) electrons. The van der Waals surface area contributed by atoms with E-state index in [1.165, 1.54) is 27.3 Å². The highest BCUT2D eigenvalue weighted by atomic mass is 32.4. The highest BCUT2D eigenvalue weighted by Crippen LogP contribution is 2.61. The fraction of sp³-hybridized carbons (Fsp3) is 0.158. The minimum Gasteiger partial charge on any atom is -0.0873 e. The maximum Gasteiger partial charge on any atom is 0.0150 e. The van der Waals surface area contributed by atoms with Crippen LogP contribution in [0.3, 0.4) is 0 Å². The van der Waals surface area contributed by atoms with Crippen molar-refractivity contribution >= 4 is 28.5 Å². The van der Waals surface area contributed by atoms with E-state index in [0.29, 0.717) is 0 Å². The second-order valence-corrected chi connectivity index (χ2v) is 10.3. The zero-order chi connectivity index (χ0) is 14.9. The van der Waals surface area contributed by atoms with Crippen LogP contribution in [0.1, 0.15) is 19.4 Å². The first-order valence-corrected chi connectivity index (χ1v) is 10.2. The molecule has 0 aliphatic carbocycles. The molecule has 2 aromatic rings. The molecule has 1 aliphatic heterocycles. The van der Waals surface area contributed by atoms with Gasteiger partial charge in [0.2, 0.25) is 0 Å². The Kier molecular flexibility index (Phi) is 3.97. The van der Waals surface area contributed by atoms with Crippen LogP contribution in [0.5, 0.6) is 0 Å². The van der Waals surface area contributed by atoms with E-state index in [2.05, 4.69) is 80.6 Å². The van der Waals surface area contributed by atoms with Gasteiger partial charge >= 0.3 is 0 Å². The Morgan fingerprint density at radius 1 is 0.857 bits per heavy atom. The maximum absolute atomic E-state index is 6.26. The van der Waals surface area contributed by atoms with Gasteiger partial charge < -0.3 is 0 Å². The summed E-state index contributed by atoms with van der Waals surface area (Å²) in [6, 6.07) is 19.5. The van der Waals surface area contributed by atoms with Crippen molar-refractivity contribution in [3.05, 3.63) is 83.4 Å². The number of hydrogen-bond donors (Lipinski definition) is 0. The SMILES string of the molecule is CC1=C(C)CP(=S)(c2ccccc2)C(c2ccccc2)=C1. The highest BCUT2D eigenvalue weighted by molar-refractivity contribution is 8.23. The number of hydrogen-bond acceptors (Lipinski definition) is 1. The third kappa shape index (κ3) is 2.69. The Hall–Kier alpha value is -1.43. The first-order valence-electron chi connectivity index (χ1n) is 7.20. The summed E-state index contributed by atoms with van der Waals surface area (Å²) >= 11 is 6.26. The van der Waals surface area contributed by atoms with Crippen LogP contribution in [-0.4, -0.2) is 6.16 Å². The van der Waals surface area contributed by atoms with Crippen molar-refractivity contribution in [2.45, 2.75) is 13.8 Å². The van der Waals surface area contributed by atoms with Crippen LogP contribution in [0, 0.1) is 0 Å². The molecule has 0 fully saturated rings. The third-order valence-corrected chi connectivity index (χ3v) is 8.95. The molecule has 1 atom stereocenters. The lowest BCUT2D eigenvalue weighted by Gasteiger charge is -2.31. The van der Waals surface area contributed by atoms with Gasteiger partial charge in [-0.1, -0.05) is 83.6 Å². The number of allylic oxidation sites excluding steroid dienone is 3. The molecule has 0 bridgehead atoms. The van der Waals surface area contributed by atoms with E-state index in [-0.39, 0.29) is 0 Å². The standard InChI is InChI=1S/C19H19PS/c1-15-13-19(17-9-5-3-6-10-17)20(21,14-16(15)2)18-11-7-4-8-12-18/h3-13H,14H2,1-2H3. The van der Waals surface area contributed by atoms with Gasteiger partial charge in [0.15, 0.2) is 0 Å². The zero-order valence-corrected chi connectivity index (χ0v) is 14.1. The van der Waals surface area contributed by atoms with Crippen LogP contribution in [0.15, 0.2) is 77.9 Å². The van der Waals surface area contributed by atoms with Crippen LogP contribution in [0.2, 0.25) is 0 Å². The maximum atomic E-state index is 6.26. The largest absolute Gasteiger partial charge is 0.0873 e. The second-order valence-electron chi connectivity index (χ2n) is 5.59. The van der Waals surface area contributed by atoms with E-state index in [0.717, 1.165) is 6.16 Å². The van der Waals surface area contributed by atoms with Crippen LogP contribution in [0.25, 0.3) is 5.31 Å². The van der Waals surface area contributed by atoms with Gasteiger partial charge in [-0.15, -0.1) is 0 Å². The number of benzene rings is 2.